The minimum Gasteiger partial charge on any atom is -1.00 e. The van der Waals surface area contributed by atoms with Crippen molar-refractivity contribution in [3.63, 3.8) is 0 Å². The van der Waals surface area contributed by atoms with Gasteiger partial charge in [0.2, 0.25) is 0 Å². The van der Waals surface area contributed by atoms with Crippen molar-refractivity contribution in [1.82, 2.24) is 0 Å². The molecule has 0 nitrogen and oxygen atoms in total. The van der Waals surface area contributed by atoms with E-state index in [0.717, 1.165) is 0 Å². The summed E-state index contributed by atoms with van der Waals surface area (Å²) in [6.07, 6.45) is 3.81. The molecule has 2 heteroatoms. The van der Waals surface area contributed by atoms with Crippen molar-refractivity contribution in [2.75, 3.05) is 0 Å². The van der Waals surface area contributed by atoms with E-state index in [4.69, 9.17) is 0 Å². The Balaban J connectivity index is -0.000000180. The van der Waals surface area contributed by atoms with Crippen molar-refractivity contribution < 1.29 is 12.4 Å². The quantitative estimate of drug-likeness (QED) is 0.381. The van der Waals surface area contributed by atoms with Crippen LogP contribution in [0, 0.1) is 5.92 Å². The topological polar surface area (TPSA) is 0 Å². The zero-order valence-corrected chi connectivity index (χ0v) is 8.88. The summed E-state index contributed by atoms with van der Waals surface area (Å²) < 4.78 is 0. The monoisotopic (exact) mass is 158 g/mol. The molecule has 0 unspecified atom stereocenters. The van der Waals surface area contributed by atoms with Gasteiger partial charge in [-0.2, -0.15) is 19.3 Å². The summed E-state index contributed by atoms with van der Waals surface area (Å²) >= 11 is 0. The zero-order chi connectivity index (χ0) is 5.70. The van der Waals surface area contributed by atoms with E-state index in [-0.39, 0.29) is 35.5 Å². The third-order valence-corrected chi connectivity index (χ3v) is 1.50. The molecule has 9 heavy (non-hydrogen) atoms. The van der Waals surface area contributed by atoms with Gasteiger partial charge in [0, 0.05) is 0 Å². The first-order chi connectivity index (χ1) is 3.35. The molecule has 0 fully saturated rings. The van der Waals surface area contributed by atoms with E-state index in [1.54, 1.807) is 5.92 Å². The number of rotatable bonds is 3. The van der Waals surface area contributed by atoms with Crippen LogP contribution in [0.4, 0.5) is 0 Å². The minimum absolute atomic E-state index is 0. The van der Waals surface area contributed by atoms with E-state index in [1.165, 1.54) is 19.3 Å². The van der Waals surface area contributed by atoms with Gasteiger partial charge in [0.05, 0.1) is 0 Å². The molecule has 0 spiro atoms. The van der Waals surface area contributed by atoms with E-state index in [2.05, 4.69) is 20.8 Å². The second kappa shape index (κ2) is 11.8. The van der Waals surface area contributed by atoms with Gasteiger partial charge in [0.25, 0.3) is 0 Å². The smallest absolute Gasteiger partial charge is 1.00 e. The molecule has 0 aromatic carbocycles. The molecule has 0 bridgehead atoms. The molecule has 0 aliphatic carbocycles. The van der Waals surface area contributed by atoms with Crippen LogP contribution in [-0.2, 0) is 0 Å². The molecule has 0 aromatic heterocycles. The molecule has 0 N–H and O–H groups in total. The Morgan fingerprint density at radius 1 is 0.889 bits per heavy atom. The fourth-order valence-corrected chi connectivity index (χ4v) is 0.750. The molecule has 0 aliphatic rings. The first-order valence-corrected chi connectivity index (χ1v) is 3.18. The molecule has 0 amide bonds. The van der Waals surface area contributed by atoms with Gasteiger partial charge in [-0.05, 0) is 0 Å². The van der Waals surface area contributed by atoms with Crippen molar-refractivity contribution in [3.05, 3.63) is 5.92 Å². The average molecular weight is 159 g/mol. The molecule has 52 valence electrons. The summed E-state index contributed by atoms with van der Waals surface area (Å²) in [4.78, 5) is 0. The van der Waals surface area contributed by atoms with Crippen LogP contribution in [0.2, 0.25) is 0 Å². The number of hydrogen-bond donors (Lipinski definition) is 0. The Labute approximate surface area is 81.4 Å². The second-order valence-electron chi connectivity index (χ2n) is 1.81. The van der Waals surface area contributed by atoms with Gasteiger partial charge >= 0.3 is 23.1 Å². The Morgan fingerprint density at radius 2 is 1.11 bits per heavy atom. The normalized spacial score (nSPS) is 8.00. The number of hydrogen-bond acceptors (Lipinski definition) is 0. The molecule has 0 aliphatic heterocycles. The molecule has 0 saturated carbocycles. The van der Waals surface area contributed by atoms with Crippen LogP contribution in [0.25, 0.3) is 0 Å². The molecular weight excluding hydrogens is 144 g/mol. The summed E-state index contributed by atoms with van der Waals surface area (Å²) in [7, 11) is 0. The van der Waals surface area contributed by atoms with Crippen LogP contribution in [0.3, 0.4) is 0 Å². The molecule has 0 rings (SSSR count). The van der Waals surface area contributed by atoms with Gasteiger partial charge < -0.3 is 18.3 Å². The van der Waals surface area contributed by atoms with Gasteiger partial charge in [-0.1, -0.05) is 20.8 Å². The van der Waals surface area contributed by atoms with Crippen LogP contribution in [0.1, 0.15) is 40.0 Å². The third kappa shape index (κ3) is 9.06. The van der Waals surface area contributed by atoms with E-state index in [9.17, 15) is 0 Å². The Kier molecular flexibility index (Phi) is 21.7. The SMILES string of the molecule is CC[C-](CC)CC.[Cl-].[Mg+2]. The van der Waals surface area contributed by atoms with E-state index >= 15 is 0 Å². The second-order valence-corrected chi connectivity index (χ2v) is 1.81. The van der Waals surface area contributed by atoms with Gasteiger partial charge in [0.15, 0.2) is 0 Å². The summed E-state index contributed by atoms with van der Waals surface area (Å²) in [5, 5.41) is 0. The zero-order valence-electron chi connectivity index (χ0n) is 6.71. The summed E-state index contributed by atoms with van der Waals surface area (Å²) in [5.74, 6) is 1.68. The van der Waals surface area contributed by atoms with E-state index in [0.29, 0.717) is 0 Å². The van der Waals surface area contributed by atoms with Crippen LogP contribution >= 0.6 is 0 Å². The predicted molar refractivity (Wildman–Crippen MR) is 39.9 cm³/mol. The number of halogens is 1. The van der Waals surface area contributed by atoms with Gasteiger partial charge in [-0.15, -0.1) is 0 Å². The fourth-order valence-electron chi connectivity index (χ4n) is 0.750. The maximum Gasteiger partial charge on any atom is 2.00 e. The molecular formula is C7H15ClMg. The molecule has 0 radical (unpaired) electrons. The van der Waals surface area contributed by atoms with Crippen molar-refractivity contribution >= 4 is 23.1 Å². The van der Waals surface area contributed by atoms with Crippen LogP contribution in [0.15, 0.2) is 0 Å². The third-order valence-electron chi connectivity index (χ3n) is 1.50. The van der Waals surface area contributed by atoms with Gasteiger partial charge in [-0.25, -0.2) is 0 Å². The minimum atomic E-state index is 0. The molecule has 0 aromatic rings. The van der Waals surface area contributed by atoms with Gasteiger partial charge in [-0.3, -0.25) is 0 Å². The fraction of sp³-hybridized carbons (Fsp3) is 0.857. The molecule has 0 atom stereocenters. The molecule has 0 heterocycles. The maximum atomic E-state index is 2.22. The van der Waals surface area contributed by atoms with Crippen LogP contribution in [0.5, 0.6) is 0 Å². The first-order valence-electron chi connectivity index (χ1n) is 3.18. The average Bonchev–Trinajstić information content (AvgIpc) is 1.72. The maximum absolute atomic E-state index is 2.22. The summed E-state index contributed by atoms with van der Waals surface area (Å²) in [6.45, 7) is 6.67. The predicted octanol–water partition coefficient (Wildman–Crippen LogP) is -0.586. The summed E-state index contributed by atoms with van der Waals surface area (Å²) in [5.41, 5.74) is 0. The van der Waals surface area contributed by atoms with E-state index < -0.39 is 0 Å². The van der Waals surface area contributed by atoms with Crippen molar-refractivity contribution in [2.24, 2.45) is 0 Å². The van der Waals surface area contributed by atoms with Crippen molar-refractivity contribution in [2.45, 2.75) is 40.0 Å². The van der Waals surface area contributed by atoms with Crippen molar-refractivity contribution in [1.29, 1.82) is 0 Å². The Hall–Kier alpha value is 1.06. The van der Waals surface area contributed by atoms with Crippen LogP contribution < -0.4 is 12.4 Å². The Morgan fingerprint density at radius 3 is 1.11 bits per heavy atom. The largest absolute Gasteiger partial charge is 2.00 e. The standard InChI is InChI=1S/C7H15.ClH.Mg/c1-4-7(5-2)6-3;;/h4-6H2,1-3H3;1H;/q-1;;+2/p-1. The summed E-state index contributed by atoms with van der Waals surface area (Å²) in [6, 6.07) is 0. The van der Waals surface area contributed by atoms with Crippen molar-refractivity contribution in [3.8, 4) is 0 Å². The van der Waals surface area contributed by atoms with Crippen LogP contribution in [-0.4, -0.2) is 23.1 Å². The first kappa shape index (κ1) is 16.6. The molecule has 0 saturated heterocycles. The van der Waals surface area contributed by atoms with Gasteiger partial charge in [0.1, 0.15) is 0 Å². The van der Waals surface area contributed by atoms with E-state index in [1.807, 2.05) is 0 Å². The Bertz CT molecular complexity index is 30.4.